The van der Waals surface area contributed by atoms with Gasteiger partial charge in [-0.05, 0) is 26.8 Å². The first kappa shape index (κ1) is 15.3. The Morgan fingerprint density at radius 3 is 3.05 bits per heavy atom. The molecule has 1 unspecified atom stereocenters. The van der Waals surface area contributed by atoms with Gasteiger partial charge in [0.05, 0.1) is 23.4 Å². The van der Waals surface area contributed by atoms with Crippen LogP contribution in [-0.2, 0) is 4.74 Å². The van der Waals surface area contributed by atoms with Crippen LogP contribution >= 0.6 is 0 Å². The van der Waals surface area contributed by atoms with E-state index in [0.29, 0.717) is 29.2 Å². The summed E-state index contributed by atoms with van der Waals surface area (Å²) in [6.07, 6.45) is 0. The lowest BCUT2D eigenvalue weighted by Gasteiger charge is -2.35. The highest BCUT2D eigenvalue weighted by Gasteiger charge is 2.24. The minimum Gasteiger partial charge on any atom is -0.462 e. The molecule has 0 radical (unpaired) electrons. The van der Waals surface area contributed by atoms with Crippen molar-refractivity contribution in [3.63, 3.8) is 0 Å². The second kappa shape index (κ2) is 6.55. The number of ether oxygens (including phenoxy) is 1. The molecule has 1 aromatic rings. The van der Waals surface area contributed by atoms with Crippen molar-refractivity contribution in [2.75, 3.05) is 31.1 Å². The third-order valence-electron chi connectivity index (χ3n) is 3.58. The number of hydrogen-bond donors (Lipinski definition) is 1. The highest BCUT2D eigenvalue weighted by Crippen LogP contribution is 2.24. The maximum Gasteiger partial charge on any atom is 0.340 e. The Morgan fingerprint density at radius 2 is 2.43 bits per heavy atom. The topological polar surface area (TPSA) is 78.2 Å². The second-order valence-corrected chi connectivity index (χ2v) is 5.07. The fraction of sp³-hybridized carbons (Fsp3) is 0.533. The molecule has 2 heterocycles. The third-order valence-corrected chi connectivity index (χ3v) is 3.58. The van der Waals surface area contributed by atoms with Crippen LogP contribution < -0.4 is 10.2 Å². The summed E-state index contributed by atoms with van der Waals surface area (Å²) in [6, 6.07) is 3.99. The molecule has 0 bridgehead atoms. The zero-order valence-electron chi connectivity index (χ0n) is 12.6. The van der Waals surface area contributed by atoms with E-state index < -0.39 is 5.97 Å². The smallest absolute Gasteiger partial charge is 0.340 e. The molecule has 1 saturated heterocycles. The summed E-state index contributed by atoms with van der Waals surface area (Å²) in [6.45, 7) is 8.41. The van der Waals surface area contributed by atoms with Gasteiger partial charge in [-0.15, -0.1) is 0 Å². The lowest BCUT2D eigenvalue weighted by atomic mass is 10.1. The van der Waals surface area contributed by atoms with Gasteiger partial charge in [-0.1, -0.05) is 0 Å². The summed E-state index contributed by atoms with van der Waals surface area (Å²) in [7, 11) is 0. The number of nitrogens with zero attached hydrogens (tertiary/aromatic N) is 3. The maximum atomic E-state index is 11.9. The lowest BCUT2D eigenvalue weighted by Crippen LogP contribution is -2.50. The van der Waals surface area contributed by atoms with Crippen molar-refractivity contribution in [3.8, 4) is 6.07 Å². The van der Waals surface area contributed by atoms with Gasteiger partial charge in [0.15, 0.2) is 0 Å². The van der Waals surface area contributed by atoms with Crippen LogP contribution in [0.5, 0.6) is 0 Å². The van der Waals surface area contributed by atoms with Crippen molar-refractivity contribution >= 4 is 11.8 Å². The second-order valence-electron chi connectivity index (χ2n) is 5.07. The van der Waals surface area contributed by atoms with Gasteiger partial charge in [-0.3, -0.25) is 0 Å². The first-order chi connectivity index (χ1) is 10.1. The Morgan fingerprint density at radius 1 is 1.67 bits per heavy atom. The number of rotatable bonds is 3. The molecule has 0 aliphatic carbocycles. The lowest BCUT2D eigenvalue weighted by molar-refractivity contribution is 0.0525. The van der Waals surface area contributed by atoms with Crippen molar-refractivity contribution in [1.29, 1.82) is 5.26 Å². The Bertz CT molecular complexity index is 580. The van der Waals surface area contributed by atoms with Crippen LogP contribution in [0.25, 0.3) is 0 Å². The van der Waals surface area contributed by atoms with E-state index in [2.05, 4.69) is 28.2 Å². The highest BCUT2D eigenvalue weighted by atomic mass is 16.5. The van der Waals surface area contributed by atoms with E-state index in [1.807, 2.05) is 0 Å². The van der Waals surface area contributed by atoms with Gasteiger partial charge in [0, 0.05) is 25.7 Å². The van der Waals surface area contributed by atoms with E-state index in [0.717, 1.165) is 19.6 Å². The fourth-order valence-electron chi connectivity index (χ4n) is 2.47. The molecule has 6 nitrogen and oxygen atoms in total. The number of nitrogens with one attached hydrogen (secondary N) is 1. The molecule has 1 fully saturated rings. The molecule has 1 aliphatic rings. The molecular formula is C15H20N4O2. The van der Waals surface area contributed by atoms with Crippen molar-refractivity contribution in [1.82, 2.24) is 10.3 Å². The predicted molar refractivity (Wildman–Crippen MR) is 79.3 cm³/mol. The molecule has 0 amide bonds. The molecule has 1 atom stereocenters. The quantitative estimate of drug-likeness (QED) is 0.843. The maximum absolute atomic E-state index is 11.9. The minimum atomic E-state index is -0.432. The van der Waals surface area contributed by atoms with Gasteiger partial charge < -0.3 is 15.0 Å². The van der Waals surface area contributed by atoms with E-state index in [1.165, 1.54) is 0 Å². The first-order valence-electron chi connectivity index (χ1n) is 7.14. The predicted octanol–water partition coefficient (Wildman–Crippen LogP) is 1.24. The molecule has 1 aromatic heterocycles. The number of hydrogen-bond acceptors (Lipinski definition) is 6. The number of anilines is 1. The molecule has 0 saturated carbocycles. The number of nitriles is 1. The van der Waals surface area contributed by atoms with Gasteiger partial charge in [-0.25, -0.2) is 9.78 Å². The van der Waals surface area contributed by atoms with Crippen LogP contribution in [0.1, 0.15) is 35.5 Å². The van der Waals surface area contributed by atoms with Gasteiger partial charge in [0.25, 0.3) is 0 Å². The first-order valence-corrected chi connectivity index (χ1v) is 7.14. The highest BCUT2D eigenvalue weighted by molar-refractivity contribution is 5.91. The molecule has 0 aromatic carbocycles. The SMILES string of the molecule is CCOC(=O)c1cc(C#N)c(N2CCNCC2C)nc1C. The number of esters is 1. The van der Waals surface area contributed by atoms with Crippen LogP contribution in [0.15, 0.2) is 6.07 Å². The van der Waals surface area contributed by atoms with Gasteiger partial charge in [-0.2, -0.15) is 5.26 Å². The van der Waals surface area contributed by atoms with Crippen molar-refractivity contribution < 1.29 is 9.53 Å². The monoisotopic (exact) mass is 288 g/mol. The summed E-state index contributed by atoms with van der Waals surface area (Å²) in [5, 5.41) is 12.7. The van der Waals surface area contributed by atoms with Crippen LogP contribution in [0.3, 0.4) is 0 Å². The van der Waals surface area contributed by atoms with Crippen LogP contribution in [0.4, 0.5) is 5.82 Å². The van der Waals surface area contributed by atoms with Gasteiger partial charge in [0.2, 0.25) is 0 Å². The molecule has 112 valence electrons. The Balaban J connectivity index is 2.41. The Labute approximate surface area is 124 Å². The molecule has 21 heavy (non-hydrogen) atoms. The number of piperazine rings is 1. The van der Waals surface area contributed by atoms with Crippen molar-refractivity contribution in [2.24, 2.45) is 0 Å². The Kier molecular flexibility index (Phi) is 4.76. The van der Waals surface area contributed by atoms with E-state index in [4.69, 9.17) is 4.74 Å². The zero-order valence-corrected chi connectivity index (χ0v) is 12.6. The molecule has 1 N–H and O–H groups in total. The Hall–Kier alpha value is -2.13. The summed E-state index contributed by atoms with van der Waals surface area (Å²) in [5.41, 5.74) is 1.37. The van der Waals surface area contributed by atoms with E-state index in [1.54, 1.807) is 19.9 Å². The van der Waals surface area contributed by atoms with Gasteiger partial charge >= 0.3 is 5.97 Å². The molecule has 2 rings (SSSR count). The standard InChI is InChI=1S/C15H20N4O2/c1-4-21-15(20)13-7-12(8-16)14(18-11(13)3)19-6-5-17-9-10(19)2/h7,10,17H,4-6,9H2,1-3H3. The average Bonchev–Trinajstić information content (AvgIpc) is 2.47. The van der Waals surface area contributed by atoms with Crippen LogP contribution in [0, 0.1) is 18.3 Å². The van der Waals surface area contributed by atoms with E-state index >= 15 is 0 Å². The minimum absolute atomic E-state index is 0.256. The van der Waals surface area contributed by atoms with Crippen molar-refractivity contribution in [2.45, 2.75) is 26.8 Å². The number of aromatic nitrogens is 1. The van der Waals surface area contributed by atoms with Crippen LogP contribution in [0.2, 0.25) is 0 Å². The fourth-order valence-corrected chi connectivity index (χ4v) is 2.47. The summed E-state index contributed by atoms with van der Waals surface area (Å²) >= 11 is 0. The molecule has 6 heteroatoms. The number of carbonyl (C=O) groups excluding carboxylic acids is 1. The largest absolute Gasteiger partial charge is 0.462 e. The van der Waals surface area contributed by atoms with Gasteiger partial charge in [0.1, 0.15) is 11.9 Å². The molecule has 1 aliphatic heterocycles. The third kappa shape index (κ3) is 3.14. The number of pyridine rings is 1. The van der Waals surface area contributed by atoms with E-state index in [-0.39, 0.29) is 6.04 Å². The summed E-state index contributed by atoms with van der Waals surface area (Å²) < 4.78 is 5.00. The summed E-state index contributed by atoms with van der Waals surface area (Å²) in [4.78, 5) is 18.5. The number of carbonyl (C=O) groups is 1. The zero-order chi connectivity index (χ0) is 15.4. The summed E-state index contributed by atoms with van der Waals surface area (Å²) in [5.74, 6) is 0.218. The van der Waals surface area contributed by atoms with E-state index in [9.17, 15) is 10.1 Å². The number of aryl methyl sites for hydroxylation is 1. The van der Waals surface area contributed by atoms with Crippen molar-refractivity contribution in [3.05, 3.63) is 22.9 Å². The van der Waals surface area contributed by atoms with Crippen LogP contribution in [-0.4, -0.2) is 43.2 Å². The molecular weight excluding hydrogens is 268 g/mol. The molecule has 0 spiro atoms. The normalized spacial score (nSPS) is 18.2. The average molecular weight is 288 g/mol.